The molecule has 0 saturated heterocycles. The van der Waals surface area contributed by atoms with E-state index in [9.17, 15) is 19.7 Å². The van der Waals surface area contributed by atoms with Crippen molar-refractivity contribution >= 4 is 34.6 Å². The van der Waals surface area contributed by atoms with Gasteiger partial charge in [0, 0.05) is 17.8 Å². The second kappa shape index (κ2) is 7.58. The summed E-state index contributed by atoms with van der Waals surface area (Å²) in [4.78, 5) is 34.7. The molecular weight excluding hydrogens is 356 g/mol. The van der Waals surface area contributed by atoms with Crippen molar-refractivity contribution in [1.82, 2.24) is 0 Å². The minimum atomic E-state index is -0.629. The Balaban J connectivity index is 1.62. The minimum absolute atomic E-state index is 0.104. The van der Waals surface area contributed by atoms with Crippen LogP contribution in [0.5, 0.6) is 5.75 Å². The van der Waals surface area contributed by atoms with E-state index in [1.807, 2.05) is 5.38 Å². The van der Waals surface area contributed by atoms with Crippen molar-refractivity contribution in [2.45, 2.75) is 0 Å². The third-order valence-corrected chi connectivity index (χ3v) is 4.25. The van der Waals surface area contributed by atoms with Crippen LogP contribution in [0.1, 0.15) is 20.0 Å². The highest BCUT2D eigenvalue weighted by Gasteiger charge is 2.12. The summed E-state index contributed by atoms with van der Waals surface area (Å²) in [6, 6.07) is 15.0. The Morgan fingerprint density at radius 2 is 1.69 bits per heavy atom. The van der Waals surface area contributed by atoms with Crippen molar-refractivity contribution in [3.8, 4) is 5.75 Å². The first-order valence-electron chi connectivity index (χ1n) is 7.44. The normalized spacial score (nSPS) is 10.2. The Kier molecular flexibility index (Phi) is 5.04. The summed E-state index contributed by atoms with van der Waals surface area (Å²) >= 11 is 1.34. The molecule has 0 unspecified atom stereocenters. The van der Waals surface area contributed by atoms with Crippen LogP contribution in [0.3, 0.4) is 0 Å². The molecule has 26 heavy (non-hydrogen) atoms. The van der Waals surface area contributed by atoms with Gasteiger partial charge in [-0.2, -0.15) is 0 Å². The van der Waals surface area contributed by atoms with Crippen LogP contribution < -0.4 is 10.1 Å². The molecule has 130 valence electrons. The number of non-ortho nitro benzene ring substituents is 1. The molecule has 0 saturated carbocycles. The zero-order valence-corrected chi connectivity index (χ0v) is 14.1. The van der Waals surface area contributed by atoms with E-state index in [2.05, 4.69) is 5.32 Å². The maximum Gasteiger partial charge on any atom is 0.343 e. The topological polar surface area (TPSA) is 98.5 Å². The summed E-state index contributed by atoms with van der Waals surface area (Å²) in [5.74, 6) is -0.548. The first-order valence-corrected chi connectivity index (χ1v) is 8.32. The molecule has 0 aliphatic rings. The van der Waals surface area contributed by atoms with E-state index in [1.165, 1.54) is 35.6 Å². The molecule has 1 aromatic heterocycles. The average Bonchev–Trinajstić information content (AvgIpc) is 3.18. The SMILES string of the molecule is O=C(Oc1ccc(NC(=O)c2cccs2)cc1)c1ccc([N+](=O)[O-])cc1. The summed E-state index contributed by atoms with van der Waals surface area (Å²) in [6.45, 7) is 0. The highest BCUT2D eigenvalue weighted by atomic mass is 32.1. The van der Waals surface area contributed by atoms with Gasteiger partial charge in [-0.1, -0.05) is 6.07 Å². The van der Waals surface area contributed by atoms with E-state index in [-0.39, 0.29) is 17.2 Å². The lowest BCUT2D eigenvalue weighted by atomic mass is 10.2. The van der Waals surface area contributed by atoms with Crippen LogP contribution in [0.15, 0.2) is 66.0 Å². The standard InChI is InChI=1S/C18H12N2O5S/c21-17(16-2-1-11-26-16)19-13-5-9-15(10-6-13)25-18(22)12-3-7-14(8-4-12)20(23)24/h1-11H,(H,19,21). The maximum atomic E-state index is 12.1. The monoisotopic (exact) mass is 368 g/mol. The first-order chi connectivity index (χ1) is 12.5. The van der Waals surface area contributed by atoms with E-state index >= 15 is 0 Å². The molecule has 1 N–H and O–H groups in total. The minimum Gasteiger partial charge on any atom is -0.423 e. The van der Waals surface area contributed by atoms with Gasteiger partial charge < -0.3 is 10.1 Å². The van der Waals surface area contributed by atoms with E-state index in [0.29, 0.717) is 16.3 Å². The molecule has 0 atom stereocenters. The van der Waals surface area contributed by atoms with Crippen LogP contribution in [0.2, 0.25) is 0 Å². The van der Waals surface area contributed by atoms with Gasteiger partial charge in [0.25, 0.3) is 11.6 Å². The van der Waals surface area contributed by atoms with Crippen LogP contribution in [-0.4, -0.2) is 16.8 Å². The van der Waals surface area contributed by atoms with Gasteiger partial charge in [0.15, 0.2) is 0 Å². The van der Waals surface area contributed by atoms with Crippen LogP contribution in [0.4, 0.5) is 11.4 Å². The van der Waals surface area contributed by atoms with Crippen molar-refractivity contribution in [2.24, 2.45) is 0 Å². The predicted molar refractivity (Wildman–Crippen MR) is 96.8 cm³/mol. The Morgan fingerprint density at radius 1 is 1.00 bits per heavy atom. The lowest BCUT2D eigenvalue weighted by molar-refractivity contribution is -0.384. The number of amides is 1. The van der Waals surface area contributed by atoms with Gasteiger partial charge in [-0.15, -0.1) is 11.3 Å². The summed E-state index contributed by atoms with van der Waals surface area (Å²) in [7, 11) is 0. The number of carbonyl (C=O) groups is 2. The third kappa shape index (κ3) is 4.11. The molecule has 0 radical (unpaired) electrons. The lowest BCUT2D eigenvalue weighted by Crippen LogP contribution is -2.10. The van der Waals surface area contributed by atoms with E-state index < -0.39 is 10.9 Å². The van der Waals surface area contributed by atoms with Gasteiger partial charge in [-0.3, -0.25) is 14.9 Å². The number of nitrogens with zero attached hydrogens (tertiary/aromatic N) is 1. The molecule has 0 spiro atoms. The summed E-state index contributed by atoms with van der Waals surface area (Å²) < 4.78 is 5.21. The smallest absolute Gasteiger partial charge is 0.343 e. The average molecular weight is 368 g/mol. The second-order valence-corrected chi connectivity index (χ2v) is 6.10. The number of nitro groups is 1. The van der Waals surface area contributed by atoms with Gasteiger partial charge in [0.05, 0.1) is 15.4 Å². The Hall–Kier alpha value is -3.52. The highest BCUT2D eigenvalue weighted by molar-refractivity contribution is 7.12. The molecule has 0 bridgehead atoms. The molecule has 0 aliphatic heterocycles. The number of carbonyl (C=O) groups excluding carboxylic acids is 2. The fraction of sp³-hybridized carbons (Fsp3) is 0. The highest BCUT2D eigenvalue weighted by Crippen LogP contribution is 2.19. The Labute approximate surface area is 152 Å². The number of benzene rings is 2. The number of esters is 1. The van der Waals surface area contributed by atoms with Crippen molar-refractivity contribution in [2.75, 3.05) is 5.32 Å². The zero-order chi connectivity index (χ0) is 18.5. The zero-order valence-electron chi connectivity index (χ0n) is 13.2. The van der Waals surface area contributed by atoms with Crippen LogP contribution in [-0.2, 0) is 0 Å². The van der Waals surface area contributed by atoms with E-state index in [4.69, 9.17) is 4.74 Å². The van der Waals surface area contributed by atoms with Gasteiger partial charge in [-0.05, 0) is 47.8 Å². The quantitative estimate of drug-likeness (QED) is 0.316. The molecule has 2 aromatic carbocycles. The summed E-state index contributed by atoms with van der Waals surface area (Å²) in [6.07, 6.45) is 0. The fourth-order valence-corrected chi connectivity index (χ4v) is 2.71. The molecule has 1 heterocycles. The third-order valence-electron chi connectivity index (χ3n) is 3.38. The second-order valence-electron chi connectivity index (χ2n) is 5.15. The van der Waals surface area contributed by atoms with E-state index in [0.717, 1.165) is 0 Å². The number of thiophene rings is 1. The van der Waals surface area contributed by atoms with Crippen LogP contribution >= 0.6 is 11.3 Å². The van der Waals surface area contributed by atoms with Crippen molar-refractivity contribution in [1.29, 1.82) is 0 Å². The number of nitro benzene ring substituents is 1. The number of hydrogen-bond acceptors (Lipinski definition) is 6. The molecular formula is C18H12N2O5S. The number of ether oxygens (including phenoxy) is 1. The lowest BCUT2D eigenvalue weighted by Gasteiger charge is -2.07. The van der Waals surface area contributed by atoms with E-state index in [1.54, 1.807) is 36.4 Å². The predicted octanol–water partition coefficient (Wildman–Crippen LogP) is 4.13. The van der Waals surface area contributed by atoms with Crippen molar-refractivity contribution in [3.05, 3.63) is 86.6 Å². The molecule has 3 aromatic rings. The fourth-order valence-electron chi connectivity index (χ4n) is 2.09. The molecule has 7 nitrogen and oxygen atoms in total. The van der Waals surface area contributed by atoms with Crippen molar-refractivity contribution in [3.63, 3.8) is 0 Å². The van der Waals surface area contributed by atoms with Crippen molar-refractivity contribution < 1.29 is 19.2 Å². The number of anilines is 1. The van der Waals surface area contributed by atoms with Crippen LogP contribution in [0, 0.1) is 10.1 Å². The molecule has 1 amide bonds. The molecule has 8 heteroatoms. The summed E-state index contributed by atoms with van der Waals surface area (Å²) in [5.41, 5.74) is 0.664. The summed E-state index contributed by atoms with van der Waals surface area (Å²) in [5, 5.41) is 15.2. The number of nitrogens with one attached hydrogen (secondary N) is 1. The van der Waals surface area contributed by atoms with Gasteiger partial charge >= 0.3 is 5.97 Å². The molecule has 0 fully saturated rings. The largest absolute Gasteiger partial charge is 0.423 e. The van der Waals surface area contributed by atoms with Gasteiger partial charge in [0.1, 0.15) is 5.75 Å². The van der Waals surface area contributed by atoms with Gasteiger partial charge in [0.2, 0.25) is 0 Å². The maximum absolute atomic E-state index is 12.1. The molecule has 3 rings (SSSR count). The van der Waals surface area contributed by atoms with Crippen LogP contribution in [0.25, 0.3) is 0 Å². The molecule has 0 aliphatic carbocycles. The first kappa shape index (κ1) is 17.3. The Morgan fingerprint density at radius 3 is 2.27 bits per heavy atom. The Bertz CT molecular complexity index is 935. The number of rotatable bonds is 5. The van der Waals surface area contributed by atoms with Gasteiger partial charge in [-0.25, -0.2) is 4.79 Å². The number of hydrogen-bond donors (Lipinski definition) is 1.